The van der Waals surface area contributed by atoms with Crippen molar-refractivity contribution in [1.82, 2.24) is 25.3 Å². The first-order valence-corrected chi connectivity index (χ1v) is 16.7. The number of nitrogens with two attached hydrogens (primary N) is 1. The number of rotatable bonds is 8. The van der Waals surface area contributed by atoms with Gasteiger partial charge in [-0.15, -0.1) is 0 Å². The zero-order chi connectivity index (χ0) is 30.2. The van der Waals surface area contributed by atoms with E-state index in [-0.39, 0.29) is 22.6 Å². The van der Waals surface area contributed by atoms with Gasteiger partial charge in [-0.2, -0.15) is 0 Å². The Hall–Kier alpha value is -3.19. The number of methoxy groups -OCH3 is 1. The lowest BCUT2D eigenvalue weighted by atomic mass is 9.99. The predicted octanol–water partition coefficient (Wildman–Crippen LogP) is 1.57. The topological polar surface area (TPSA) is 149 Å². The Labute approximate surface area is 248 Å². The van der Waals surface area contributed by atoms with Gasteiger partial charge in [-0.05, 0) is 50.2 Å². The van der Waals surface area contributed by atoms with E-state index in [0.29, 0.717) is 42.3 Å². The first-order valence-electron chi connectivity index (χ1n) is 15.0. The number of ether oxygens (including phenoxy) is 1. The second kappa shape index (κ2) is 11.8. The van der Waals surface area contributed by atoms with Crippen molar-refractivity contribution in [3.8, 4) is 5.75 Å². The molecule has 3 aliphatic heterocycles. The van der Waals surface area contributed by atoms with Crippen LogP contribution >= 0.6 is 0 Å². The number of hydrogen-bond donors (Lipinski definition) is 4. The monoisotopic (exact) mass is 603 g/mol. The van der Waals surface area contributed by atoms with E-state index in [1.807, 2.05) is 11.9 Å². The lowest BCUT2D eigenvalue weighted by Crippen LogP contribution is -2.76. The lowest BCUT2D eigenvalue weighted by Gasteiger charge is -2.52. The molecule has 1 saturated heterocycles. The zero-order valence-corrected chi connectivity index (χ0v) is 25.9. The highest BCUT2D eigenvalue weighted by Crippen LogP contribution is 2.36. The minimum Gasteiger partial charge on any atom is -0.495 e. The van der Waals surface area contributed by atoms with Crippen LogP contribution in [0.3, 0.4) is 0 Å². The van der Waals surface area contributed by atoms with Gasteiger partial charge in [0.15, 0.2) is 9.84 Å². The van der Waals surface area contributed by atoms with Crippen LogP contribution in [0, 0.1) is 5.92 Å². The summed E-state index contributed by atoms with van der Waals surface area (Å²) in [6.45, 7) is 6.18. The quantitative estimate of drug-likeness (QED) is 0.323. The second-order valence-electron chi connectivity index (χ2n) is 12.2. The number of piperidine rings is 1. The summed E-state index contributed by atoms with van der Waals surface area (Å²) in [4.78, 5) is 32.2. The fraction of sp³-hybridized carbons (Fsp3) is 0.655. The van der Waals surface area contributed by atoms with E-state index in [1.54, 1.807) is 11.0 Å². The van der Waals surface area contributed by atoms with Crippen LogP contribution in [0.25, 0.3) is 0 Å². The number of nitrogens with zero attached hydrogens (tertiary/aromatic N) is 3. The molecule has 3 heterocycles. The number of likely N-dealkylation sites (N-methyl/N-ethyl adjacent to an activating group) is 1. The number of carbonyl (C=O) groups excluding carboxylic acids is 2. The molecule has 0 bridgehead atoms. The Morgan fingerprint density at radius 2 is 1.86 bits per heavy atom. The van der Waals surface area contributed by atoms with E-state index in [9.17, 15) is 18.0 Å². The van der Waals surface area contributed by atoms with Crippen molar-refractivity contribution < 1.29 is 22.7 Å². The molecule has 42 heavy (non-hydrogen) atoms. The Kier molecular flexibility index (Phi) is 8.53. The largest absolute Gasteiger partial charge is 0.495 e. The van der Waals surface area contributed by atoms with Gasteiger partial charge in [0, 0.05) is 44.8 Å². The third-order valence-corrected chi connectivity index (χ3v) is 10.7. The third kappa shape index (κ3) is 5.98. The van der Waals surface area contributed by atoms with Crippen molar-refractivity contribution in [3.05, 3.63) is 29.7 Å². The molecule has 5 rings (SSSR count). The summed E-state index contributed by atoms with van der Waals surface area (Å²) in [5.41, 5.74) is 7.67. The number of anilines is 1. The highest BCUT2D eigenvalue weighted by atomic mass is 32.2. The first-order chi connectivity index (χ1) is 19.9. The lowest BCUT2D eigenvalue weighted by molar-refractivity contribution is -0.129. The molecule has 2 amide bonds. The molecule has 1 aromatic rings. The summed E-state index contributed by atoms with van der Waals surface area (Å²) < 4.78 is 31.9. The van der Waals surface area contributed by atoms with Gasteiger partial charge in [0.2, 0.25) is 11.8 Å². The molecule has 1 aliphatic carbocycles. The van der Waals surface area contributed by atoms with E-state index < -0.39 is 27.4 Å². The molecule has 1 saturated carbocycles. The van der Waals surface area contributed by atoms with Crippen molar-refractivity contribution in [2.45, 2.75) is 81.7 Å². The maximum atomic E-state index is 13.4. The molecule has 12 nitrogen and oxygen atoms in total. The van der Waals surface area contributed by atoms with E-state index >= 15 is 0 Å². The van der Waals surface area contributed by atoms with Gasteiger partial charge < -0.3 is 30.1 Å². The van der Waals surface area contributed by atoms with Crippen LogP contribution < -0.4 is 26.4 Å². The van der Waals surface area contributed by atoms with Gasteiger partial charge >= 0.3 is 0 Å². The van der Waals surface area contributed by atoms with Crippen LogP contribution in [0.2, 0.25) is 0 Å². The van der Waals surface area contributed by atoms with E-state index in [1.165, 1.54) is 19.2 Å². The number of amides is 2. The van der Waals surface area contributed by atoms with Crippen LogP contribution in [0.15, 0.2) is 34.6 Å². The maximum absolute atomic E-state index is 13.4. The Morgan fingerprint density at radius 1 is 1.17 bits per heavy atom. The molecule has 1 aromatic carbocycles. The number of carbonyl (C=O) groups is 2. The van der Waals surface area contributed by atoms with Gasteiger partial charge in [0.05, 0.1) is 17.7 Å². The maximum Gasteiger partial charge on any atom is 0.275 e. The van der Waals surface area contributed by atoms with Gasteiger partial charge in [0.25, 0.3) is 5.91 Å². The number of nitrogens with one attached hydrogen (secondary N) is 3. The molecular formula is C29H45N7O5S. The molecule has 4 aliphatic rings. The summed E-state index contributed by atoms with van der Waals surface area (Å²) in [6.07, 6.45) is 7.11. The third-order valence-electron chi connectivity index (χ3n) is 9.09. The normalized spacial score (nSPS) is 25.7. The molecule has 5 N–H and O–H groups in total. The van der Waals surface area contributed by atoms with Gasteiger partial charge in [-0.25, -0.2) is 8.42 Å². The second-order valence-corrected chi connectivity index (χ2v) is 14.2. The van der Waals surface area contributed by atoms with E-state index in [2.05, 4.69) is 34.7 Å². The SMILES string of the molecule is CCC1CN(C)C2=C(N[C@@](N)(Nc3ccc(S(=O)(=O)CC(=O)N4CCC(C)CC4)cc3OC)NC2=O)N1C1CCCC1. The average Bonchev–Trinajstić information content (AvgIpc) is 3.47. The first kappa shape index (κ1) is 30.3. The minimum absolute atomic E-state index is 0.0209. The van der Waals surface area contributed by atoms with Crippen molar-refractivity contribution in [2.75, 3.05) is 44.9 Å². The molecule has 0 radical (unpaired) electrons. The standard InChI is InChI=1S/C29H45N7O5S/c1-5-20-17-34(3)26-27(36(20)21-8-6-7-9-21)32-29(30,33-28(26)38)31-23-11-10-22(16-24(23)41-4)42(39,40)18-25(37)35-14-12-19(2)13-15-35/h10-11,16,19-21,31-32H,5-9,12-15,17-18,30H2,1-4H3,(H,33,38)/t20?,29-/m1/s1. The molecule has 0 aromatic heterocycles. The number of sulfone groups is 1. The Balaban J connectivity index is 1.37. The molecule has 2 atom stereocenters. The van der Waals surface area contributed by atoms with Crippen LogP contribution in [-0.4, -0.2) is 92.5 Å². The van der Waals surface area contributed by atoms with Crippen molar-refractivity contribution in [1.29, 1.82) is 0 Å². The molecule has 1 unspecified atom stereocenters. The average molecular weight is 604 g/mol. The number of hydrogen-bond acceptors (Lipinski definition) is 10. The van der Waals surface area contributed by atoms with Crippen LogP contribution in [-0.2, 0) is 19.4 Å². The van der Waals surface area contributed by atoms with Crippen LogP contribution in [0.1, 0.15) is 58.8 Å². The van der Waals surface area contributed by atoms with Crippen LogP contribution in [0.4, 0.5) is 5.69 Å². The molecular weight excluding hydrogens is 558 g/mol. The molecule has 13 heteroatoms. The van der Waals surface area contributed by atoms with Crippen molar-refractivity contribution in [2.24, 2.45) is 11.7 Å². The summed E-state index contributed by atoms with van der Waals surface area (Å²) in [6, 6.07) is 4.91. The van der Waals surface area contributed by atoms with Crippen LogP contribution in [0.5, 0.6) is 5.75 Å². The zero-order valence-electron chi connectivity index (χ0n) is 25.1. The Bertz CT molecular complexity index is 1340. The highest BCUT2D eigenvalue weighted by Gasteiger charge is 2.46. The smallest absolute Gasteiger partial charge is 0.275 e. The summed E-state index contributed by atoms with van der Waals surface area (Å²) in [7, 11) is -0.566. The summed E-state index contributed by atoms with van der Waals surface area (Å²) >= 11 is 0. The minimum atomic E-state index is -3.91. The molecule has 2 fully saturated rings. The summed E-state index contributed by atoms with van der Waals surface area (Å²) in [5, 5.41) is 9.35. The van der Waals surface area contributed by atoms with E-state index in [0.717, 1.165) is 51.5 Å². The highest BCUT2D eigenvalue weighted by molar-refractivity contribution is 7.92. The fourth-order valence-corrected chi connectivity index (χ4v) is 7.91. The Morgan fingerprint density at radius 3 is 2.50 bits per heavy atom. The molecule has 0 spiro atoms. The predicted molar refractivity (Wildman–Crippen MR) is 160 cm³/mol. The van der Waals surface area contributed by atoms with E-state index in [4.69, 9.17) is 10.5 Å². The number of likely N-dealkylation sites (tertiary alicyclic amines) is 1. The fourth-order valence-electron chi connectivity index (χ4n) is 6.67. The van der Waals surface area contributed by atoms with Crippen molar-refractivity contribution in [3.63, 3.8) is 0 Å². The van der Waals surface area contributed by atoms with Gasteiger partial charge in [0.1, 0.15) is 23.0 Å². The number of benzene rings is 1. The molecule has 232 valence electrons. The van der Waals surface area contributed by atoms with Crippen molar-refractivity contribution >= 4 is 27.3 Å². The van der Waals surface area contributed by atoms with Gasteiger partial charge in [-0.1, -0.05) is 26.7 Å². The summed E-state index contributed by atoms with van der Waals surface area (Å²) in [5.74, 6) is -1.42. The van der Waals surface area contributed by atoms with Gasteiger partial charge in [-0.3, -0.25) is 20.6 Å².